The van der Waals surface area contributed by atoms with Crippen LogP contribution in [0.4, 0.5) is 5.69 Å². The standard InChI is InChI=1S/C22H32N4O2/c1-23-22(24-14-12-17-6-9-19(10-7-17)26(2)3)25-15-13-18-8-11-20(27-4)21(16-18)28-5/h6-11,16H,12-15H2,1-5H3,(H2,23,24,25). The fourth-order valence-corrected chi connectivity index (χ4v) is 2.87. The van der Waals surface area contributed by atoms with Crippen LogP contribution in [0.1, 0.15) is 11.1 Å². The molecule has 0 unspecified atom stereocenters. The molecule has 2 aromatic rings. The Morgan fingerprint density at radius 2 is 1.43 bits per heavy atom. The number of benzene rings is 2. The molecule has 2 N–H and O–H groups in total. The molecule has 0 atom stereocenters. The van der Waals surface area contributed by atoms with E-state index in [0.29, 0.717) is 0 Å². The third-order valence-corrected chi connectivity index (χ3v) is 4.54. The van der Waals surface area contributed by atoms with Gasteiger partial charge < -0.3 is 25.0 Å². The average molecular weight is 385 g/mol. The van der Waals surface area contributed by atoms with E-state index in [-0.39, 0.29) is 0 Å². The van der Waals surface area contributed by atoms with E-state index in [2.05, 4.69) is 50.9 Å². The number of nitrogens with zero attached hydrogens (tertiary/aromatic N) is 2. The maximum absolute atomic E-state index is 5.36. The molecule has 0 saturated heterocycles. The SMILES string of the molecule is CN=C(NCCc1ccc(N(C)C)cc1)NCCc1ccc(OC)c(OC)c1. The summed E-state index contributed by atoms with van der Waals surface area (Å²) >= 11 is 0. The summed E-state index contributed by atoms with van der Waals surface area (Å²) in [4.78, 5) is 6.40. The summed E-state index contributed by atoms with van der Waals surface area (Å²) in [7, 11) is 9.19. The first-order valence-corrected chi connectivity index (χ1v) is 9.49. The maximum Gasteiger partial charge on any atom is 0.190 e. The van der Waals surface area contributed by atoms with E-state index in [9.17, 15) is 0 Å². The van der Waals surface area contributed by atoms with Crippen LogP contribution >= 0.6 is 0 Å². The van der Waals surface area contributed by atoms with Gasteiger partial charge >= 0.3 is 0 Å². The highest BCUT2D eigenvalue weighted by molar-refractivity contribution is 5.79. The number of rotatable bonds is 9. The van der Waals surface area contributed by atoms with Gasteiger partial charge in [-0.2, -0.15) is 0 Å². The van der Waals surface area contributed by atoms with Crippen LogP contribution in [0.3, 0.4) is 0 Å². The minimum absolute atomic E-state index is 0.746. The predicted octanol–water partition coefficient (Wildman–Crippen LogP) is 2.72. The summed E-state index contributed by atoms with van der Waals surface area (Å²) in [6.45, 7) is 1.62. The van der Waals surface area contributed by atoms with Gasteiger partial charge in [0.05, 0.1) is 14.2 Å². The molecule has 0 aliphatic heterocycles. The number of hydrogen-bond donors (Lipinski definition) is 2. The highest BCUT2D eigenvalue weighted by Crippen LogP contribution is 2.27. The van der Waals surface area contributed by atoms with Crippen LogP contribution in [0.15, 0.2) is 47.5 Å². The zero-order valence-corrected chi connectivity index (χ0v) is 17.6. The molecule has 0 aromatic heterocycles. The highest BCUT2D eigenvalue weighted by atomic mass is 16.5. The quantitative estimate of drug-likeness (QED) is 0.514. The monoisotopic (exact) mass is 384 g/mol. The van der Waals surface area contributed by atoms with Crippen LogP contribution in [0.5, 0.6) is 11.5 Å². The first kappa shape index (κ1) is 21.4. The van der Waals surface area contributed by atoms with Gasteiger partial charge in [0.1, 0.15) is 0 Å². The molecule has 6 heteroatoms. The molecule has 0 heterocycles. The smallest absolute Gasteiger partial charge is 0.190 e. The van der Waals surface area contributed by atoms with Crippen molar-refractivity contribution in [2.24, 2.45) is 4.99 Å². The van der Waals surface area contributed by atoms with Gasteiger partial charge in [-0.05, 0) is 48.2 Å². The lowest BCUT2D eigenvalue weighted by Gasteiger charge is -2.14. The molecule has 0 saturated carbocycles. The van der Waals surface area contributed by atoms with E-state index in [1.807, 2.05) is 26.2 Å². The second kappa shape index (κ2) is 11.1. The Kier molecular flexibility index (Phi) is 8.46. The molecule has 2 aromatic carbocycles. The second-order valence-corrected chi connectivity index (χ2v) is 6.68. The Bertz CT molecular complexity index is 758. The molecule has 0 amide bonds. The Morgan fingerprint density at radius 1 is 0.857 bits per heavy atom. The summed E-state index contributed by atoms with van der Waals surface area (Å²) in [5.74, 6) is 2.31. The van der Waals surface area contributed by atoms with Gasteiger partial charge in [0, 0.05) is 39.9 Å². The van der Waals surface area contributed by atoms with Crippen LogP contribution in [-0.2, 0) is 12.8 Å². The fraction of sp³-hybridized carbons (Fsp3) is 0.409. The van der Waals surface area contributed by atoms with Crippen LogP contribution < -0.4 is 25.0 Å². The molecule has 0 aliphatic carbocycles. The largest absolute Gasteiger partial charge is 0.493 e. The van der Waals surface area contributed by atoms with Crippen molar-refractivity contribution < 1.29 is 9.47 Å². The Morgan fingerprint density at radius 3 is 1.96 bits per heavy atom. The van der Waals surface area contributed by atoms with Crippen LogP contribution in [0.2, 0.25) is 0 Å². The zero-order chi connectivity index (χ0) is 20.4. The molecule has 152 valence electrons. The average Bonchev–Trinajstić information content (AvgIpc) is 2.72. The predicted molar refractivity (Wildman–Crippen MR) is 117 cm³/mol. The van der Waals surface area contributed by atoms with Crippen molar-refractivity contribution >= 4 is 11.6 Å². The Balaban J connectivity index is 1.75. The second-order valence-electron chi connectivity index (χ2n) is 6.68. The topological polar surface area (TPSA) is 58.1 Å². The summed E-state index contributed by atoms with van der Waals surface area (Å²) in [5.41, 5.74) is 3.70. The highest BCUT2D eigenvalue weighted by Gasteiger charge is 2.05. The molecular formula is C22H32N4O2. The van der Waals surface area contributed by atoms with Gasteiger partial charge in [-0.1, -0.05) is 18.2 Å². The third-order valence-electron chi connectivity index (χ3n) is 4.54. The number of aliphatic imine (C=N–C) groups is 1. The molecule has 0 fully saturated rings. The summed E-state index contributed by atoms with van der Waals surface area (Å²) in [5, 5.41) is 6.72. The fourth-order valence-electron chi connectivity index (χ4n) is 2.87. The van der Waals surface area contributed by atoms with Crippen molar-refractivity contribution in [3.05, 3.63) is 53.6 Å². The lowest BCUT2D eigenvalue weighted by molar-refractivity contribution is 0.354. The van der Waals surface area contributed by atoms with Crippen molar-refractivity contribution in [2.75, 3.05) is 53.4 Å². The molecule has 2 rings (SSSR count). The minimum atomic E-state index is 0.746. The Labute approximate surface area is 168 Å². The van der Waals surface area contributed by atoms with Crippen molar-refractivity contribution in [2.45, 2.75) is 12.8 Å². The lowest BCUT2D eigenvalue weighted by atomic mass is 10.1. The first-order valence-electron chi connectivity index (χ1n) is 9.49. The molecule has 0 aliphatic rings. The van der Waals surface area contributed by atoms with E-state index in [1.165, 1.54) is 16.8 Å². The normalized spacial score (nSPS) is 11.1. The van der Waals surface area contributed by atoms with Crippen molar-refractivity contribution in [1.29, 1.82) is 0 Å². The summed E-state index contributed by atoms with van der Waals surface area (Å²) in [6, 6.07) is 14.6. The molecule has 28 heavy (non-hydrogen) atoms. The third kappa shape index (κ3) is 6.37. The lowest BCUT2D eigenvalue weighted by Crippen LogP contribution is -2.39. The molecule has 6 nitrogen and oxygen atoms in total. The number of guanidine groups is 1. The van der Waals surface area contributed by atoms with Gasteiger partial charge in [-0.25, -0.2) is 0 Å². The van der Waals surface area contributed by atoms with E-state index in [0.717, 1.165) is 43.4 Å². The summed E-state index contributed by atoms with van der Waals surface area (Å²) < 4.78 is 10.6. The van der Waals surface area contributed by atoms with Crippen LogP contribution in [0, 0.1) is 0 Å². The van der Waals surface area contributed by atoms with E-state index >= 15 is 0 Å². The minimum Gasteiger partial charge on any atom is -0.493 e. The number of nitrogens with one attached hydrogen (secondary N) is 2. The van der Waals surface area contributed by atoms with Gasteiger partial charge in [-0.3, -0.25) is 4.99 Å². The number of ether oxygens (including phenoxy) is 2. The zero-order valence-electron chi connectivity index (χ0n) is 17.6. The van der Waals surface area contributed by atoms with Crippen molar-refractivity contribution in [3.63, 3.8) is 0 Å². The first-order chi connectivity index (χ1) is 13.6. The van der Waals surface area contributed by atoms with Gasteiger partial charge in [0.2, 0.25) is 0 Å². The molecular weight excluding hydrogens is 352 g/mol. The van der Waals surface area contributed by atoms with Crippen molar-refractivity contribution in [3.8, 4) is 11.5 Å². The van der Waals surface area contributed by atoms with Gasteiger partial charge in [0.15, 0.2) is 17.5 Å². The van der Waals surface area contributed by atoms with E-state index < -0.39 is 0 Å². The van der Waals surface area contributed by atoms with Crippen molar-refractivity contribution in [1.82, 2.24) is 10.6 Å². The number of hydrogen-bond acceptors (Lipinski definition) is 4. The van der Waals surface area contributed by atoms with Gasteiger partial charge in [0.25, 0.3) is 0 Å². The van der Waals surface area contributed by atoms with E-state index in [4.69, 9.17) is 9.47 Å². The van der Waals surface area contributed by atoms with Crippen LogP contribution in [-0.4, -0.2) is 54.4 Å². The van der Waals surface area contributed by atoms with Crippen LogP contribution in [0.25, 0.3) is 0 Å². The summed E-state index contributed by atoms with van der Waals surface area (Å²) in [6.07, 6.45) is 1.82. The maximum atomic E-state index is 5.36. The number of methoxy groups -OCH3 is 2. The number of anilines is 1. The molecule has 0 spiro atoms. The van der Waals surface area contributed by atoms with E-state index in [1.54, 1.807) is 21.3 Å². The Hall–Kier alpha value is -2.89. The van der Waals surface area contributed by atoms with Gasteiger partial charge in [-0.15, -0.1) is 0 Å². The molecule has 0 bridgehead atoms. The molecule has 0 radical (unpaired) electrons.